The standard InChI is InChI=1S/C16H20N4O3/c1-16(17,18)10-4-5-20(8-10)11-3-2-9-6-12(15(22)23)14(21)19-13(9)7-11/h2-3,6-7,10H,4-5,8,17-18H2,1H3,(H,19,21)(H,22,23). The van der Waals surface area contributed by atoms with E-state index < -0.39 is 17.2 Å². The van der Waals surface area contributed by atoms with E-state index in [1.54, 1.807) is 0 Å². The van der Waals surface area contributed by atoms with Crippen LogP contribution in [0.5, 0.6) is 0 Å². The molecule has 6 N–H and O–H groups in total. The van der Waals surface area contributed by atoms with Gasteiger partial charge in [0, 0.05) is 24.7 Å². The fourth-order valence-corrected chi connectivity index (χ4v) is 3.05. The summed E-state index contributed by atoms with van der Waals surface area (Å²) in [5, 5.41) is 9.69. The minimum atomic E-state index is -1.23. The highest BCUT2D eigenvalue weighted by molar-refractivity contribution is 5.93. The number of pyridine rings is 1. The molecular formula is C16H20N4O3. The summed E-state index contributed by atoms with van der Waals surface area (Å²) in [6.45, 7) is 3.43. The number of carboxylic acids is 1. The van der Waals surface area contributed by atoms with Gasteiger partial charge in [0.25, 0.3) is 5.56 Å². The highest BCUT2D eigenvalue weighted by Crippen LogP contribution is 2.29. The van der Waals surface area contributed by atoms with Crippen molar-refractivity contribution in [2.75, 3.05) is 18.0 Å². The van der Waals surface area contributed by atoms with Crippen LogP contribution < -0.4 is 21.9 Å². The molecule has 0 radical (unpaired) electrons. The Kier molecular flexibility index (Phi) is 3.62. The summed E-state index contributed by atoms with van der Waals surface area (Å²) in [7, 11) is 0. The first-order chi connectivity index (χ1) is 10.8. The van der Waals surface area contributed by atoms with Crippen LogP contribution in [0.2, 0.25) is 0 Å². The molecule has 1 aliphatic rings. The topological polar surface area (TPSA) is 125 Å². The van der Waals surface area contributed by atoms with Crippen LogP contribution in [-0.2, 0) is 0 Å². The number of hydrogen-bond donors (Lipinski definition) is 4. The number of carbonyl (C=O) groups is 1. The van der Waals surface area contributed by atoms with Gasteiger partial charge in [0.1, 0.15) is 5.56 Å². The van der Waals surface area contributed by atoms with Gasteiger partial charge in [-0.2, -0.15) is 0 Å². The van der Waals surface area contributed by atoms with Crippen molar-refractivity contribution in [2.24, 2.45) is 17.4 Å². The fraction of sp³-hybridized carbons (Fsp3) is 0.375. The van der Waals surface area contributed by atoms with E-state index in [4.69, 9.17) is 16.6 Å². The molecule has 7 heteroatoms. The number of aromatic carboxylic acids is 1. The van der Waals surface area contributed by atoms with E-state index in [2.05, 4.69) is 9.88 Å². The van der Waals surface area contributed by atoms with Gasteiger partial charge in [-0.3, -0.25) is 4.79 Å². The number of fused-ring (bicyclic) bond motifs is 1. The second kappa shape index (κ2) is 5.36. The first-order valence-electron chi connectivity index (χ1n) is 7.49. The number of nitrogens with one attached hydrogen (secondary N) is 1. The Bertz CT molecular complexity index is 822. The third kappa shape index (κ3) is 2.93. The van der Waals surface area contributed by atoms with Crippen molar-refractivity contribution in [1.29, 1.82) is 0 Å². The van der Waals surface area contributed by atoms with Crippen LogP contribution in [0.3, 0.4) is 0 Å². The van der Waals surface area contributed by atoms with Crippen LogP contribution in [0.15, 0.2) is 29.1 Å². The van der Waals surface area contributed by atoms with Crippen molar-refractivity contribution in [3.8, 4) is 0 Å². The van der Waals surface area contributed by atoms with E-state index >= 15 is 0 Å². The van der Waals surface area contributed by atoms with Gasteiger partial charge in [-0.15, -0.1) is 0 Å². The lowest BCUT2D eigenvalue weighted by molar-refractivity contribution is 0.0695. The number of carboxylic acid groups (broad SMARTS) is 1. The van der Waals surface area contributed by atoms with E-state index in [0.29, 0.717) is 10.9 Å². The van der Waals surface area contributed by atoms with Crippen molar-refractivity contribution in [3.05, 3.63) is 40.2 Å². The van der Waals surface area contributed by atoms with E-state index in [9.17, 15) is 9.59 Å². The molecule has 7 nitrogen and oxygen atoms in total. The Morgan fingerprint density at radius 2 is 2.13 bits per heavy atom. The molecule has 1 aliphatic heterocycles. The van der Waals surface area contributed by atoms with Gasteiger partial charge in [0.2, 0.25) is 0 Å². The molecule has 1 fully saturated rings. The summed E-state index contributed by atoms with van der Waals surface area (Å²) < 4.78 is 0. The molecule has 1 saturated heterocycles. The van der Waals surface area contributed by atoms with Crippen molar-refractivity contribution < 1.29 is 9.90 Å². The highest BCUT2D eigenvalue weighted by atomic mass is 16.4. The average Bonchev–Trinajstić information content (AvgIpc) is 2.95. The molecular weight excluding hydrogens is 296 g/mol. The third-order valence-electron chi connectivity index (χ3n) is 4.49. The van der Waals surface area contributed by atoms with Crippen molar-refractivity contribution in [1.82, 2.24) is 4.98 Å². The van der Waals surface area contributed by atoms with Gasteiger partial charge in [-0.25, -0.2) is 4.79 Å². The Labute approximate surface area is 132 Å². The number of benzene rings is 1. The van der Waals surface area contributed by atoms with E-state index in [1.807, 2.05) is 25.1 Å². The Balaban J connectivity index is 1.94. The van der Waals surface area contributed by atoms with Gasteiger partial charge < -0.3 is 26.5 Å². The second-order valence-electron chi connectivity index (χ2n) is 6.39. The monoisotopic (exact) mass is 316 g/mol. The molecule has 3 rings (SSSR count). The lowest BCUT2D eigenvalue weighted by atomic mass is 9.95. The third-order valence-corrected chi connectivity index (χ3v) is 4.49. The maximum Gasteiger partial charge on any atom is 0.341 e. The number of nitrogens with zero attached hydrogens (tertiary/aromatic N) is 1. The summed E-state index contributed by atoms with van der Waals surface area (Å²) in [4.78, 5) is 27.6. The van der Waals surface area contributed by atoms with Crippen LogP contribution in [0.25, 0.3) is 10.9 Å². The number of rotatable bonds is 3. The summed E-state index contributed by atoms with van der Waals surface area (Å²) >= 11 is 0. The van der Waals surface area contributed by atoms with Crippen LogP contribution in [0.4, 0.5) is 5.69 Å². The van der Waals surface area contributed by atoms with Crippen molar-refractivity contribution in [2.45, 2.75) is 19.0 Å². The molecule has 2 aromatic rings. The SMILES string of the molecule is CC(N)(N)C1CCN(c2ccc3cc(C(=O)O)c(=O)[nH]c3c2)C1. The number of aromatic nitrogens is 1. The first-order valence-corrected chi connectivity index (χ1v) is 7.49. The molecule has 1 aromatic heterocycles. The number of hydrogen-bond acceptors (Lipinski definition) is 5. The molecule has 1 atom stereocenters. The second-order valence-corrected chi connectivity index (χ2v) is 6.39. The largest absolute Gasteiger partial charge is 0.477 e. The maximum atomic E-state index is 11.8. The summed E-state index contributed by atoms with van der Waals surface area (Å²) in [6, 6.07) is 6.97. The number of H-pyrrole nitrogens is 1. The predicted octanol–water partition coefficient (Wildman–Crippen LogP) is 0.686. The zero-order valence-corrected chi connectivity index (χ0v) is 12.9. The molecule has 1 unspecified atom stereocenters. The summed E-state index contributed by atoms with van der Waals surface area (Å²) in [5.41, 5.74) is 12.0. The molecule has 122 valence electrons. The normalized spacial score (nSPS) is 18.6. The molecule has 23 heavy (non-hydrogen) atoms. The van der Waals surface area contributed by atoms with Gasteiger partial charge in [0.05, 0.1) is 11.2 Å². The van der Waals surface area contributed by atoms with Crippen LogP contribution >= 0.6 is 0 Å². The fourth-order valence-electron chi connectivity index (χ4n) is 3.05. The number of anilines is 1. The van der Waals surface area contributed by atoms with E-state index in [1.165, 1.54) is 6.07 Å². The van der Waals surface area contributed by atoms with Crippen LogP contribution in [0, 0.1) is 5.92 Å². The zero-order chi connectivity index (χ0) is 16.8. The molecule has 0 aliphatic carbocycles. The number of nitrogens with two attached hydrogens (primary N) is 2. The Morgan fingerprint density at radius 3 is 2.74 bits per heavy atom. The molecule has 1 aromatic carbocycles. The molecule has 0 amide bonds. The quantitative estimate of drug-likeness (QED) is 0.617. The number of aromatic amines is 1. The van der Waals surface area contributed by atoms with Crippen molar-refractivity contribution >= 4 is 22.6 Å². The van der Waals surface area contributed by atoms with E-state index in [0.717, 1.165) is 25.2 Å². The first kappa shape index (κ1) is 15.5. The van der Waals surface area contributed by atoms with Crippen LogP contribution in [0.1, 0.15) is 23.7 Å². The molecule has 0 saturated carbocycles. The lowest BCUT2D eigenvalue weighted by Gasteiger charge is -2.27. The molecule has 0 bridgehead atoms. The predicted molar refractivity (Wildman–Crippen MR) is 88.6 cm³/mol. The van der Waals surface area contributed by atoms with Gasteiger partial charge in [-0.1, -0.05) is 6.07 Å². The van der Waals surface area contributed by atoms with Crippen molar-refractivity contribution in [3.63, 3.8) is 0 Å². The highest BCUT2D eigenvalue weighted by Gasteiger charge is 2.32. The smallest absolute Gasteiger partial charge is 0.341 e. The van der Waals surface area contributed by atoms with Gasteiger partial charge in [-0.05, 0) is 36.9 Å². The molecule has 2 heterocycles. The summed E-state index contributed by atoms with van der Waals surface area (Å²) in [6.07, 6.45) is 0.913. The zero-order valence-electron chi connectivity index (χ0n) is 12.9. The maximum absolute atomic E-state index is 11.8. The summed E-state index contributed by atoms with van der Waals surface area (Å²) in [5.74, 6) is -1.03. The average molecular weight is 316 g/mol. The minimum Gasteiger partial charge on any atom is -0.477 e. The Morgan fingerprint density at radius 1 is 1.39 bits per heavy atom. The van der Waals surface area contributed by atoms with Gasteiger partial charge in [0.15, 0.2) is 0 Å². The Hall–Kier alpha value is -2.38. The van der Waals surface area contributed by atoms with E-state index in [-0.39, 0.29) is 11.5 Å². The lowest BCUT2D eigenvalue weighted by Crippen LogP contribution is -2.53. The molecule has 0 spiro atoms. The van der Waals surface area contributed by atoms with Gasteiger partial charge >= 0.3 is 5.97 Å². The van der Waals surface area contributed by atoms with Crippen LogP contribution in [-0.4, -0.2) is 34.8 Å². The minimum absolute atomic E-state index is 0.201.